The number of hydrogen-bond donors (Lipinski definition) is 3. The first-order chi connectivity index (χ1) is 14.1. The van der Waals surface area contributed by atoms with Crippen molar-refractivity contribution >= 4 is 39.8 Å². The number of nitrogen functional groups attached to an aromatic ring is 1. The van der Waals surface area contributed by atoms with E-state index in [0.29, 0.717) is 19.2 Å². The molecule has 2 heterocycles. The van der Waals surface area contributed by atoms with Crippen LogP contribution in [0.3, 0.4) is 0 Å². The lowest BCUT2D eigenvalue weighted by Crippen LogP contribution is -2.56. The molecule has 30 heavy (non-hydrogen) atoms. The topological polar surface area (TPSA) is 115 Å². The molecule has 156 valence electrons. The van der Waals surface area contributed by atoms with Crippen molar-refractivity contribution in [3.8, 4) is 5.69 Å². The van der Waals surface area contributed by atoms with Gasteiger partial charge in [0.1, 0.15) is 23.0 Å². The number of hydrogen-bond acceptors (Lipinski definition) is 5. The maximum Gasteiger partial charge on any atom is 0.341 e. The molecule has 0 unspecified atom stereocenters. The fourth-order valence-corrected chi connectivity index (χ4v) is 3.87. The zero-order valence-electron chi connectivity index (χ0n) is 15.1. The summed E-state index contributed by atoms with van der Waals surface area (Å²) in [6.07, 6.45) is 0.845. The summed E-state index contributed by atoms with van der Waals surface area (Å²) < 4.78 is 44.0. The Morgan fingerprint density at radius 3 is 2.40 bits per heavy atom. The maximum absolute atomic E-state index is 14.8. The van der Waals surface area contributed by atoms with Gasteiger partial charge in [0.25, 0.3) is 0 Å². The van der Waals surface area contributed by atoms with E-state index < -0.39 is 40.1 Å². The predicted octanol–water partition coefficient (Wildman–Crippen LogP) is 2.49. The quantitative estimate of drug-likeness (QED) is 0.541. The Balaban J connectivity index is 2.14. The van der Waals surface area contributed by atoms with Gasteiger partial charge in [0, 0.05) is 31.4 Å². The van der Waals surface area contributed by atoms with E-state index in [1.165, 1.54) is 4.90 Å². The van der Waals surface area contributed by atoms with Crippen LogP contribution in [0.25, 0.3) is 16.6 Å². The Bertz CT molecular complexity index is 1290. The third kappa shape index (κ3) is 2.96. The summed E-state index contributed by atoms with van der Waals surface area (Å²) in [7, 11) is 0. The lowest BCUT2D eigenvalue weighted by Gasteiger charge is -2.39. The van der Waals surface area contributed by atoms with Crippen LogP contribution in [-0.4, -0.2) is 34.8 Å². The fraction of sp³-hybridized carbons (Fsp3) is 0.158. The molecular weight excluding hydrogens is 425 g/mol. The van der Waals surface area contributed by atoms with Gasteiger partial charge in [0.2, 0.25) is 5.43 Å². The highest BCUT2D eigenvalue weighted by Crippen LogP contribution is 2.38. The Hall–Kier alpha value is -3.24. The molecule has 0 saturated carbocycles. The highest BCUT2D eigenvalue weighted by molar-refractivity contribution is 6.38. The minimum absolute atomic E-state index is 0.0578. The Kier molecular flexibility index (Phi) is 4.63. The number of halogens is 4. The number of benzene rings is 2. The zero-order valence-corrected chi connectivity index (χ0v) is 15.9. The van der Waals surface area contributed by atoms with E-state index in [4.69, 9.17) is 23.1 Å². The summed E-state index contributed by atoms with van der Waals surface area (Å²) in [6, 6.07) is 2.10. The van der Waals surface area contributed by atoms with Gasteiger partial charge in [-0.05, 0) is 12.1 Å². The van der Waals surface area contributed by atoms with Crippen LogP contribution < -0.4 is 21.8 Å². The van der Waals surface area contributed by atoms with Gasteiger partial charge in [0.05, 0.1) is 33.0 Å². The smallest absolute Gasteiger partial charge is 0.341 e. The molecule has 11 heteroatoms. The summed E-state index contributed by atoms with van der Waals surface area (Å²) in [5.41, 5.74) is 8.55. The molecule has 0 bridgehead atoms. The van der Waals surface area contributed by atoms with Gasteiger partial charge in [-0.1, -0.05) is 11.6 Å². The van der Waals surface area contributed by atoms with Crippen LogP contribution in [0.15, 0.2) is 29.2 Å². The molecule has 0 radical (unpaired) electrons. The molecule has 0 atom stereocenters. The molecule has 0 spiro atoms. The molecule has 0 amide bonds. The summed E-state index contributed by atoms with van der Waals surface area (Å²) in [5, 5.41) is 8.76. The Labute approximate surface area is 171 Å². The van der Waals surface area contributed by atoms with Crippen LogP contribution in [0.5, 0.6) is 0 Å². The molecule has 1 aromatic heterocycles. The van der Waals surface area contributed by atoms with Crippen molar-refractivity contribution in [3.63, 3.8) is 0 Å². The number of carbonyl (C=O) groups is 1. The third-order valence-electron chi connectivity index (χ3n) is 4.94. The van der Waals surface area contributed by atoms with Gasteiger partial charge in [-0.25, -0.2) is 18.0 Å². The number of anilines is 2. The van der Waals surface area contributed by atoms with Crippen molar-refractivity contribution in [2.75, 3.05) is 23.7 Å². The molecule has 1 fully saturated rings. The minimum atomic E-state index is -1.61. The van der Waals surface area contributed by atoms with E-state index in [-0.39, 0.29) is 33.3 Å². The molecule has 2 aromatic carbocycles. The second-order valence-electron chi connectivity index (χ2n) is 6.95. The first-order valence-electron chi connectivity index (χ1n) is 8.66. The molecule has 4 rings (SSSR count). The van der Waals surface area contributed by atoms with Gasteiger partial charge in [-0.15, -0.1) is 0 Å². The Morgan fingerprint density at radius 1 is 1.13 bits per heavy atom. The Morgan fingerprint density at radius 2 is 1.80 bits per heavy atom. The van der Waals surface area contributed by atoms with Crippen molar-refractivity contribution in [1.82, 2.24) is 4.57 Å². The molecule has 3 aromatic rings. The number of nitrogens with zero attached hydrogens (tertiary/aromatic N) is 2. The van der Waals surface area contributed by atoms with E-state index in [1.807, 2.05) is 0 Å². The first kappa shape index (κ1) is 20.0. The normalized spacial score (nSPS) is 14.2. The molecule has 7 nitrogen and oxygen atoms in total. The number of aromatic carboxylic acids is 1. The van der Waals surface area contributed by atoms with Crippen LogP contribution in [0.4, 0.5) is 24.5 Å². The second-order valence-corrected chi connectivity index (χ2v) is 7.33. The first-order valence-corrected chi connectivity index (χ1v) is 9.04. The number of carboxylic acids is 1. The molecule has 1 aliphatic rings. The van der Waals surface area contributed by atoms with Crippen molar-refractivity contribution in [3.05, 3.63) is 62.7 Å². The third-order valence-corrected chi connectivity index (χ3v) is 5.30. The maximum atomic E-state index is 14.8. The monoisotopic (exact) mass is 438 g/mol. The number of aromatic nitrogens is 1. The number of fused-ring (bicyclic) bond motifs is 1. The molecule has 0 aliphatic carbocycles. The molecule has 5 N–H and O–H groups in total. The summed E-state index contributed by atoms with van der Waals surface area (Å²) in [5.74, 6) is -4.58. The largest absolute Gasteiger partial charge is 0.477 e. The number of rotatable bonds is 3. The SMILES string of the molecule is Nc1cc(-n2cc(C(=O)O)c(=O)c3cc(F)c(N4CC(N)C4)c(Cl)c32)c(F)cc1F. The number of nitrogens with two attached hydrogens (primary N) is 2. The summed E-state index contributed by atoms with van der Waals surface area (Å²) in [6.45, 7) is 0.606. The van der Waals surface area contributed by atoms with E-state index in [0.717, 1.165) is 22.9 Å². The van der Waals surface area contributed by atoms with E-state index in [9.17, 15) is 27.9 Å². The molecular formula is C19H14ClF3N4O3. The lowest BCUT2D eigenvalue weighted by atomic mass is 10.0. The van der Waals surface area contributed by atoms with Gasteiger partial charge < -0.3 is 26.0 Å². The number of carboxylic acid groups (broad SMARTS) is 1. The van der Waals surface area contributed by atoms with Crippen LogP contribution >= 0.6 is 11.6 Å². The molecule has 1 aliphatic heterocycles. The highest BCUT2D eigenvalue weighted by Gasteiger charge is 2.30. The lowest BCUT2D eigenvalue weighted by molar-refractivity contribution is 0.0695. The van der Waals surface area contributed by atoms with Gasteiger partial charge in [-0.2, -0.15) is 0 Å². The second kappa shape index (κ2) is 6.92. The highest BCUT2D eigenvalue weighted by atomic mass is 35.5. The summed E-state index contributed by atoms with van der Waals surface area (Å²) in [4.78, 5) is 25.7. The van der Waals surface area contributed by atoms with Crippen molar-refractivity contribution in [2.24, 2.45) is 5.73 Å². The summed E-state index contributed by atoms with van der Waals surface area (Å²) >= 11 is 6.43. The van der Waals surface area contributed by atoms with Crippen LogP contribution in [0.1, 0.15) is 10.4 Å². The van der Waals surface area contributed by atoms with Crippen molar-refractivity contribution in [1.29, 1.82) is 0 Å². The molecule has 1 saturated heterocycles. The van der Waals surface area contributed by atoms with Crippen molar-refractivity contribution < 1.29 is 23.1 Å². The number of pyridine rings is 1. The standard InChI is InChI=1S/C19H14ClF3N4O3/c20-15-16-8(1-12(23)17(15)26-4-7(24)5-26)18(28)9(19(29)30)6-27(16)14-3-13(25)10(21)2-11(14)22/h1-3,6-7H,4-5,24-25H2,(H,29,30). The predicted molar refractivity (Wildman–Crippen MR) is 106 cm³/mol. The van der Waals surface area contributed by atoms with E-state index in [1.54, 1.807) is 0 Å². The van der Waals surface area contributed by atoms with Gasteiger partial charge in [0.15, 0.2) is 0 Å². The van der Waals surface area contributed by atoms with Crippen LogP contribution in [0, 0.1) is 17.5 Å². The van der Waals surface area contributed by atoms with Crippen molar-refractivity contribution in [2.45, 2.75) is 6.04 Å². The average molecular weight is 439 g/mol. The minimum Gasteiger partial charge on any atom is -0.477 e. The van der Waals surface area contributed by atoms with Gasteiger partial charge >= 0.3 is 5.97 Å². The van der Waals surface area contributed by atoms with Gasteiger partial charge in [-0.3, -0.25) is 4.79 Å². The zero-order chi connectivity index (χ0) is 21.9. The van der Waals surface area contributed by atoms with Crippen LogP contribution in [0.2, 0.25) is 5.02 Å². The van der Waals surface area contributed by atoms with E-state index >= 15 is 0 Å². The van der Waals surface area contributed by atoms with E-state index in [2.05, 4.69) is 0 Å². The average Bonchev–Trinajstić information content (AvgIpc) is 2.64. The fourth-order valence-electron chi connectivity index (χ4n) is 3.47. The van der Waals surface area contributed by atoms with Crippen LogP contribution in [-0.2, 0) is 0 Å².